The average Bonchev–Trinajstić information content (AvgIpc) is 2.55. The number of carboxylic acids is 1. The number of carboxylic acid groups (broad SMARTS) is 1. The van der Waals surface area contributed by atoms with Crippen LogP contribution in [0.25, 0.3) is 0 Å². The highest BCUT2D eigenvalue weighted by Crippen LogP contribution is 2.12. The summed E-state index contributed by atoms with van der Waals surface area (Å²) >= 11 is 0. The van der Waals surface area contributed by atoms with Crippen molar-refractivity contribution < 1.29 is 19.4 Å². The highest BCUT2D eigenvalue weighted by Gasteiger charge is 2.03. The molecule has 0 fully saturated rings. The molecule has 0 aromatic rings. The molecule has 0 saturated heterocycles. The van der Waals surface area contributed by atoms with Gasteiger partial charge in [-0.3, -0.25) is 9.59 Å². The van der Waals surface area contributed by atoms with Crippen LogP contribution in [0, 0.1) is 5.92 Å². The van der Waals surface area contributed by atoms with Crippen LogP contribution in [-0.4, -0.2) is 23.7 Å². The number of carbonyl (C=O) groups is 2. The molecular weight excluding hydrogens is 316 g/mol. The lowest BCUT2D eigenvalue weighted by Crippen LogP contribution is -2.05. The van der Waals surface area contributed by atoms with Gasteiger partial charge in [-0.1, -0.05) is 78.1 Å². The van der Waals surface area contributed by atoms with Crippen molar-refractivity contribution in [3.63, 3.8) is 0 Å². The van der Waals surface area contributed by atoms with E-state index in [4.69, 9.17) is 9.84 Å². The number of hydrogen-bond donors (Lipinski definition) is 1. The summed E-state index contributed by atoms with van der Waals surface area (Å²) in [6.45, 7) is 5.06. The Bertz CT molecular complexity index is 326. The quantitative estimate of drug-likeness (QED) is 0.237. The third kappa shape index (κ3) is 20.9. The fourth-order valence-electron chi connectivity index (χ4n) is 2.87. The SMILES string of the molecule is CC(C)CCCCCOC(=O)CCCCCCCCCCCC(=O)O. The van der Waals surface area contributed by atoms with E-state index in [0.29, 0.717) is 19.4 Å². The fourth-order valence-corrected chi connectivity index (χ4v) is 2.87. The number of rotatable bonds is 18. The molecule has 0 heterocycles. The molecule has 0 amide bonds. The summed E-state index contributed by atoms with van der Waals surface area (Å²) in [5.41, 5.74) is 0. The molecule has 0 bridgehead atoms. The van der Waals surface area contributed by atoms with E-state index in [9.17, 15) is 9.59 Å². The first kappa shape index (κ1) is 23.9. The van der Waals surface area contributed by atoms with Gasteiger partial charge in [-0.25, -0.2) is 0 Å². The van der Waals surface area contributed by atoms with Gasteiger partial charge in [-0.2, -0.15) is 0 Å². The Hall–Kier alpha value is -1.06. The van der Waals surface area contributed by atoms with Gasteiger partial charge >= 0.3 is 11.9 Å². The van der Waals surface area contributed by atoms with Gasteiger partial charge in [-0.05, 0) is 25.2 Å². The average molecular weight is 357 g/mol. The van der Waals surface area contributed by atoms with Crippen LogP contribution in [0.1, 0.15) is 110 Å². The highest BCUT2D eigenvalue weighted by atomic mass is 16.5. The van der Waals surface area contributed by atoms with Crippen LogP contribution in [0.4, 0.5) is 0 Å². The van der Waals surface area contributed by atoms with Gasteiger partial charge in [0, 0.05) is 12.8 Å². The molecule has 0 unspecified atom stereocenters. The molecule has 0 spiro atoms. The summed E-state index contributed by atoms with van der Waals surface area (Å²) in [6, 6.07) is 0. The second-order valence-electron chi connectivity index (χ2n) is 7.54. The normalized spacial score (nSPS) is 11.0. The minimum Gasteiger partial charge on any atom is -0.481 e. The van der Waals surface area contributed by atoms with E-state index < -0.39 is 5.97 Å². The maximum absolute atomic E-state index is 11.6. The van der Waals surface area contributed by atoms with Crippen molar-refractivity contribution in [2.24, 2.45) is 5.92 Å². The predicted octanol–water partition coefficient (Wildman–Crippen LogP) is 6.12. The summed E-state index contributed by atoms with van der Waals surface area (Å²) in [7, 11) is 0. The summed E-state index contributed by atoms with van der Waals surface area (Å²) in [6.07, 6.45) is 15.3. The predicted molar refractivity (Wildman–Crippen MR) is 103 cm³/mol. The van der Waals surface area contributed by atoms with Crippen LogP contribution in [0.5, 0.6) is 0 Å². The minimum atomic E-state index is -0.690. The smallest absolute Gasteiger partial charge is 0.305 e. The molecule has 1 N–H and O–H groups in total. The van der Waals surface area contributed by atoms with Crippen molar-refractivity contribution in [1.29, 1.82) is 0 Å². The third-order valence-electron chi connectivity index (χ3n) is 4.46. The Morgan fingerprint density at radius 3 is 1.72 bits per heavy atom. The zero-order chi connectivity index (χ0) is 18.8. The van der Waals surface area contributed by atoms with Crippen LogP contribution in [-0.2, 0) is 14.3 Å². The molecule has 0 aromatic carbocycles. The molecule has 148 valence electrons. The van der Waals surface area contributed by atoms with E-state index in [-0.39, 0.29) is 5.97 Å². The Balaban J connectivity index is 3.18. The van der Waals surface area contributed by atoms with Gasteiger partial charge in [0.2, 0.25) is 0 Å². The number of carbonyl (C=O) groups excluding carboxylic acids is 1. The van der Waals surface area contributed by atoms with Gasteiger partial charge in [-0.15, -0.1) is 0 Å². The molecule has 0 atom stereocenters. The summed E-state index contributed by atoms with van der Waals surface area (Å²) in [5, 5.41) is 8.54. The molecule has 0 aliphatic carbocycles. The number of unbranched alkanes of at least 4 members (excludes halogenated alkanes) is 10. The number of hydrogen-bond acceptors (Lipinski definition) is 3. The van der Waals surface area contributed by atoms with E-state index in [2.05, 4.69) is 13.8 Å². The topological polar surface area (TPSA) is 63.6 Å². The lowest BCUT2D eigenvalue weighted by atomic mass is 10.1. The van der Waals surface area contributed by atoms with E-state index in [1.807, 2.05) is 0 Å². The van der Waals surface area contributed by atoms with Crippen LogP contribution < -0.4 is 0 Å². The zero-order valence-electron chi connectivity index (χ0n) is 16.6. The third-order valence-corrected chi connectivity index (χ3v) is 4.46. The molecule has 4 heteroatoms. The van der Waals surface area contributed by atoms with Crippen molar-refractivity contribution in [1.82, 2.24) is 0 Å². The van der Waals surface area contributed by atoms with Crippen LogP contribution in [0.15, 0.2) is 0 Å². The number of ether oxygens (including phenoxy) is 1. The maximum atomic E-state index is 11.6. The van der Waals surface area contributed by atoms with Crippen LogP contribution in [0.2, 0.25) is 0 Å². The highest BCUT2D eigenvalue weighted by molar-refractivity contribution is 5.69. The summed E-state index contributed by atoms with van der Waals surface area (Å²) in [4.78, 5) is 22.0. The Labute approximate surface area is 154 Å². The van der Waals surface area contributed by atoms with E-state index in [1.165, 1.54) is 38.5 Å². The van der Waals surface area contributed by atoms with Gasteiger partial charge in [0.25, 0.3) is 0 Å². The Morgan fingerprint density at radius 1 is 0.720 bits per heavy atom. The maximum Gasteiger partial charge on any atom is 0.305 e. The fraction of sp³-hybridized carbons (Fsp3) is 0.905. The van der Waals surface area contributed by atoms with Gasteiger partial charge in [0.15, 0.2) is 0 Å². The molecular formula is C21H40O4. The van der Waals surface area contributed by atoms with Crippen LogP contribution in [0.3, 0.4) is 0 Å². The molecule has 0 rings (SSSR count). The molecule has 0 saturated carbocycles. The van der Waals surface area contributed by atoms with Crippen molar-refractivity contribution in [2.45, 2.75) is 110 Å². The van der Waals surface area contributed by atoms with Gasteiger partial charge in [0.1, 0.15) is 0 Å². The van der Waals surface area contributed by atoms with E-state index >= 15 is 0 Å². The second-order valence-corrected chi connectivity index (χ2v) is 7.54. The molecule has 25 heavy (non-hydrogen) atoms. The monoisotopic (exact) mass is 356 g/mol. The zero-order valence-corrected chi connectivity index (χ0v) is 16.6. The summed E-state index contributed by atoms with van der Waals surface area (Å²) < 4.78 is 5.27. The number of aliphatic carboxylic acids is 1. The van der Waals surface area contributed by atoms with E-state index in [1.54, 1.807) is 0 Å². The van der Waals surface area contributed by atoms with Gasteiger partial charge < -0.3 is 9.84 Å². The van der Waals surface area contributed by atoms with Crippen molar-refractivity contribution in [3.8, 4) is 0 Å². The molecule has 0 radical (unpaired) electrons. The first-order valence-corrected chi connectivity index (χ1v) is 10.4. The van der Waals surface area contributed by atoms with E-state index in [0.717, 1.165) is 50.9 Å². The van der Waals surface area contributed by atoms with Crippen molar-refractivity contribution in [2.75, 3.05) is 6.61 Å². The Kier molecular flexibility index (Phi) is 17.0. The molecule has 0 aliphatic rings. The number of esters is 1. The first-order valence-electron chi connectivity index (χ1n) is 10.4. The molecule has 4 nitrogen and oxygen atoms in total. The standard InChI is InChI=1S/C21H40O4/c1-19(2)15-11-10-14-18-25-21(24)17-13-9-7-5-3-4-6-8-12-16-20(22)23/h19H,3-18H2,1-2H3,(H,22,23). The second kappa shape index (κ2) is 17.8. The largest absolute Gasteiger partial charge is 0.481 e. The van der Waals surface area contributed by atoms with Crippen molar-refractivity contribution in [3.05, 3.63) is 0 Å². The minimum absolute atomic E-state index is 0.0395. The Morgan fingerprint density at radius 2 is 1.20 bits per heavy atom. The molecule has 0 aromatic heterocycles. The first-order chi connectivity index (χ1) is 12.0. The summed E-state index contributed by atoms with van der Waals surface area (Å²) in [5.74, 6) is 0.0337. The van der Waals surface area contributed by atoms with Crippen LogP contribution >= 0.6 is 0 Å². The van der Waals surface area contributed by atoms with Gasteiger partial charge in [0.05, 0.1) is 6.61 Å². The molecule has 0 aliphatic heterocycles. The van der Waals surface area contributed by atoms with Crippen molar-refractivity contribution >= 4 is 11.9 Å². The lowest BCUT2D eigenvalue weighted by Gasteiger charge is -2.06. The lowest BCUT2D eigenvalue weighted by molar-refractivity contribution is -0.144.